The van der Waals surface area contributed by atoms with Crippen molar-refractivity contribution in [3.8, 4) is 0 Å². The van der Waals surface area contributed by atoms with Gasteiger partial charge in [0.2, 0.25) is 5.43 Å². The fourth-order valence-corrected chi connectivity index (χ4v) is 3.45. The number of aromatic nitrogens is 1. The minimum absolute atomic E-state index is 0.0445. The van der Waals surface area contributed by atoms with Crippen LogP contribution in [0.5, 0.6) is 0 Å². The number of halogens is 1. The number of ether oxygens (including phenoxy) is 2. The van der Waals surface area contributed by atoms with Crippen molar-refractivity contribution in [2.24, 2.45) is 0 Å². The standard InChI is InChI=1S/C21H18FNO5S/c1-3-27-20(25)16-12-23(17-8-7-13(22)10-15(17)19(16)24)18(21(26)28-4-2)11-14-6-5-9-29-14/h5-12H,3-4H2,1-2H3/b18-11+. The summed E-state index contributed by atoms with van der Waals surface area (Å²) in [4.78, 5) is 38.5. The number of hydrogen-bond acceptors (Lipinski definition) is 6. The normalized spacial score (nSPS) is 11.5. The lowest BCUT2D eigenvalue weighted by atomic mass is 10.1. The molecular formula is C21H18FNO5S. The van der Waals surface area contributed by atoms with Crippen molar-refractivity contribution in [3.05, 3.63) is 68.4 Å². The fourth-order valence-electron chi connectivity index (χ4n) is 2.80. The quantitative estimate of drug-likeness (QED) is 0.450. The van der Waals surface area contributed by atoms with Gasteiger partial charge in [-0.2, -0.15) is 0 Å². The molecule has 1 aromatic carbocycles. The van der Waals surface area contributed by atoms with Crippen LogP contribution in [0.2, 0.25) is 0 Å². The van der Waals surface area contributed by atoms with Crippen molar-refractivity contribution in [2.45, 2.75) is 13.8 Å². The van der Waals surface area contributed by atoms with E-state index < -0.39 is 23.2 Å². The molecule has 0 fully saturated rings. The van der Waals surface area contributed by atoms with Crippen LogP contribution in [0.1, 0.15) is 29.1 Å². The van der Waals surface area contributed by atoms with Gasteiger partial charge < -0.3 is 14.0 Å². The lowest BCUT2D eigenvalue weighted by molar-refractivity contribution is -0.136. The largest absolute Gasteiger partial charge is 0.462 e. The summed E-state index contributed by atoms with van der Waals surface area (Å²) in [5, 5.41) is 1.80. The topological polar surface area (TPSA) is 74.6 Å². The van der Waals surface area contributed by atoms with Gasteiger partial charge >= 0.3 is 11.9 Å². The number of carbonyl (C=O) groups excluding carboxylic acids is 2. The molecule has 0 unspecified atom stereocenters. The van der Waals surface area contributed by atoms with Crippen LogP contribution in [-0.4, -0.2) is 29.7 Å². The second kappa shape index (κ2) is 8.83. The van der Waals surface area contributed by atoms with E-state index in [0.717, 1.165) is 10.9 Å². The lowest BCUT2D eigenvalue weighted by Gasteiger charge is -2.15. The van der Waals surface area contributed by atoms with Crippen LogP contribution in [-0.2, 0) is 14.3 Å². The fraction of sp³-hybridized carbons (Fsp3) is 0.190. The van der Waals surface area contributed by atoms with Gasteiger partial charge in [0, 0.05) is 16.5 Å². The molecule has 0 aliphatic heterocycles. The van der Waals surface area contributed by atoms with Gasteiger partial charge in [0.25, 0.3) is 0 Å². The minimum atomic E-state index is -0.850. The average Bonchev–Trinajstić information content (AvgIpc) is 3.20. The number of esters is 2. The second-order valence-electron chi connectivity index (χ2n) is 5.89. The van der Waals surface area contributed by atoms with Gasteiger partial charge in [0.15, 0.2) is 0 Å². The van der Waals surface area contributed by atoms with E-state index in [2.05, 4.69) is 0 Å². The summed E-state index contributed by atoms with van der Waals surface area (Å²) in [6.07, 6.45) is 2.82. The van der Waals surface area contributed by atoms with Crippen molar-refractivity contribution in [1.82, 2.24) is 4.57 Å². The first-order valence-corrected chi connectivity index (χ1v) is 9.79. The Kier molecular flexibility index (Phi) is 6.23. The maximum absolute atomic E-state index is 13.8. The zero-order valence-corrected chi connectivity index (χ0v) is 16.6. The molecule has 3 rings (SSSR count). The third-order valence-electron chi connectivity index (χ3n) is 4.03. The number of fused-ring (bicyclic) bond motifs is 1. The summed E-state index contributed by atoms with van der Waals surface area (Å²) in [6, 6.07) is 7.21. The van der Waals surface area contributed by atoms with Gasteiger partial charge in [-0.15, -0.1) is 11.3 Å². The van der Waals surface area contributed by atoms with E-state index >= 15 is 0 Å². The monoisotopic (exact) mass is 415 g/mol. The van der Waals surface area contributed by atoms with Crippen molar-refractivity contribution in [1.29, 1.82) is 0 Å². The van der Waals surface area contributed by atoms with E-state index in [4.69, 9.17) is 9.47 Å². The molecule has 2 aromatic heterocycles. The molecule has 0 atom stereocenters. The Bertz CT molecular complexity index is 1150. The molecule has 0 bridgehead atoms. The van der Waals surface area contributed by atoms with E-state index in [-0.39, 0.29) is 35.4 Å². The summed E-state index contributed by atoms with van der Waals surface area (Å²) in [5.74, 6) is -2.14. The molecule has 6 nitrogen and oxygen atoms in total. The molecule has 0 N–H and O–H groups in total. The van der Waals surface area contributed by atoms with Crippen molar-refractivity contribution in [3.63, 3.8) is 0 Å². The number of rotatable bonds is 6. The number of benzene rings is 1. The maximum Gasteiger partial charge on any atom is 0.355 e. The van der Waals surface area contributed by atoms with Crippen LogP contribution < -0.4 is 5.43 Å². The molecule has 0 radical (unpaired) electrons. The molecule has 0 spiro atoms. The van der Waals surface area contributed by atoms with Gasteiger partial charge in [-0.1, -0.05) is 6.07 Å². The first kappa shape index (κ1) is 20.5. The Morgan fingerprint density at radius 1 is 1.17 bits per heavy atom. The van der Waals surface area contributed by atoms with Crippen LogP contribution in [0.15, 0.2) is 46.7 Å². The van der Waals surface area contributed by atoms with Crippen molar-refractivity contribution in [2.75, 3.05) is 13.2 Å². The van der Waals surface area contributed by atoms with Crippen LogP contribution in [0, 0.1) is 5.82 Å². The zero-order valence-electron chi connectivity index (χ0n) is 15.8. The Morgan fingerprint density at radius 2 is 1.93 bits per heavy atom. The summed E-state index contributed by atoms with van der Waals surface area (Å²) in [7, 11) is 0. The molecule has 150 valence electrons. The Labute approximate surface area is 169 Å². The smallest absolute Gasteiger partial charge is 0.355 e. The molecule has 2 heterocycles. The number of pyridine rings is 1. The highest BCUT2D eigenvalue weighted by Gasteiger charge is 2.22. The molecule has 0 aliphatic rings. The van der Waals surface area contributed by atoms with Crippen molar-refractivity contribution < 1.29 is 23.5 Å². The highest BCUT2D eigenvalue weighted by Crippen LogP contribution is 2.23. The van der Waals surface area contributed by atoms with Gasteiger partial charge in [0.05, 0.1) is 18.7 Å². The van der Waals surface area contributed by atoms with E-state index in [1.807, 2.05) is 11.4 Å². The average molecular weight is 415 g/mol. The predicted octanol–water partition coefficient (Wildman–Crippen LogP) is 3.94. The van der Waals surface area contributed by atoms with Gasteiger partial charge in [0.1, 0.15) is 17.1 Å². The van der Waals surface area contributed by atoms with E-state index in [9.17, 15) is 18.8 Å². The molecule has 0 saturated heterocycles. The Hall–Kier alpha value is -3.26. The molecule has 0 amide bonds. The van der Waals surface area contributed by atoms with E-state index in [0.29, 0.717) is 0 Å². The van der Waals surface area contributed by atoms with Gasteiger partial charge in [-0.05, 0) is 49.6 Å². The summed E-state index contributed by atoms with van der Waals surface area (Å²) < 4.78 is 25.3. The third-order valence-corrected chi connectivity index (χ3v) is 4.85. The van der Waals surface area contributed by atoms with Crippen LogP contribution >= 0.6 is 11.3 Å². The van der Waals surface area contributed by atoms with Crippen LogP contribution in [0.25, 0.3) is 22.7 Å². The van der Waals surface area contributed by atoms with Crippen LogP contribution in [0.3, 0.4) is 0 Å². The van der Waals surface area contributed by atoms with Gasteiger partial charge in [-0.3, -0.25) is 4.79 Å². The first-order chi connectivity index (χ1) is 14.0. The molecule has 8 heteroatoms. The first-order valence-electron chi connectivity index (χ1n) is 8.91. The summed E-state index contributed by atoms with van der Waals surface area (Å²) in [5.41, 5.74) is -0.628. The maximum atomic E-state index is 13.8. The third kappa shape index (κ3) is 4.27. The number of hydrogen-bond donors (Lipinski definition) is 0. The second-order valence-corrected chi connectivity index (χ2v) is 6.87. The molecular weight excluding hydrogens is 397 g/mol. The highest BCUT2D eigenvalue weighted by atomic mass is 32.1. The van der Waals surface area contributed by atoms with Gasteiger partial charge in [-0.25, -0.2) is 14.0 Å². The molecule has 3 aromatic rings. The predicted molar refractivity (Wildman–Crippen MR) is 109 cm³/mol. The highest BCUT2D eigenvalue weighted by molar-refractivity contribution is 7.10. The summed E-state index contributed by atoms with van der Waals surface area (Å²) >= 11 is 1.40. The number of carbonyl (C=O) groups is 2. The molecule has 0 aliphatic carbocycles. The molecule has 29 heavy (non-hydrogen) atoms. The molecule has 0 saturated carbocycles. The Morgan fingerprint density at radius 3 is 2.59 bits per heavy atom. The SMILES string of the molecule is CCOC(=O)/C(=C\c1cccs1)n1cc(C(=O)OCC)c(=O)c2cc(F)ccc21. The Balaban J connectivity index is 2.35. The van der Waals surface area contributed by atoms with E-state index in [1.54, 1.807) is 26.0 Å². The number of thiophene rings is 1. The van der Waals surface area contributed by atoms with Crippen LogP contribution in [0.4, 0.5) is 4.39 Å². The van der Waals surface area contributed by atoms with E-state index in [1.165, 1.54) is 34.2 Å². The minimum Gasteiger partial charge on any atom is -0.462 e. The number of nitrogens with zero attached hydrogens (tertiary/aromatic N) is 1. The lowest BCUT2D eigenvalue weighted by Crippen LogP contribution is -2.23. The zero-order chi connectivity index (χ0) is 21.0. The summed E-state index contributed by atoms with van der Waals surface area (Å²) in [6.45, 7) is 3.48. The van der Waals surface area contributed by atoms with Crippen molar-refractivity contribution >= 4 is 46.0 Å².